The summed E-state index contributed by atoms with van der Waals surface area (Å²) in [5, 5.41) is 10.2. The number of rotatable bonds is 5. The summed E-state index contributed by atoms with van der Waals surface area (Å²) in [7, 11) is 0. The fourth-order valence-electron chi connectivity index (χ4n) is 3.01. The average molecular weight is 318 g/mol. The zero-order valence-corrected chi connectivity index (χ0v) is 13.3. The zero-order chi connectivity index (χ0) is 16.4. The number of aliphatic hydroxyl groups excluding tert-OH is 1. The van der Waals surface area contributed by atoms with Gasteiger partial charge in [0.05, 0.1) is 12.7 Å². The molecule has 0 radical (unpaired) electrons. The highest BCUT2D eigenvalue weighted by Gasteiger charge is 2.56. The van der Waals surface area contributed by atoms with Crippen molar-refractivity contribution in [2.75, 3.05) is 0 Å². The standard InChI is InChI=1S/C18H22O5/c1-4-8-13(19)14-15(20-11-12-9-6-5-7-10-12)16-17(21-14)23-18(2,3)22-16/h1,5-7,9-10,13-17,19H,8,11H2,2-3H3/t13-,14-,15-,16-,17-/m1/s1. The van der Waals surface area contributed by atoms with Crippen LogP contribution in [0, 0.1) is 12.3 Å². The van der Waals surface area contributed by atoms with Gasteiger partial charge in [-0.05, 0) is 19.4 Å². The van der Waals surface area contributed by atoms with Crippen molar-refractivity contribution in [3.63, 3.8) is 0 Å². The van der Waals surface area contributed by atoms with Crippen LogP contribution in [-0.4, -0.2) is 41.6 Å². The van der Waals surface area contributed by atoms with Crippen LogP contribution in [0.2, 0.25) is 0 Å². The summed E-state index contributed by atoms with van der Waals surface area (Å²) >= 11 is 0. The van der Waals surface area contributed by atoms with Gasteiger partial charge in [-0.2, -0.15) is 0 Å². The molecule has 0 aromatic heterocycles. The van der Waals surface area contributed by atoms with Gasteiger partial charge in [0.15, 0.2) is 12.1 Å². The molecule has 0 unspecified atom stereocenters. The number of aliphatic hydroxyl groups is 1. The van der Waals surface area contributed by atoms with Crippen molar-refractivity contribution in [2.45, 2.75) is 63.4 Å². The zero-order valence-electron chi connectivity index (χ0n) is 13.3. The lowest BCUT2D eigenvalue weighted by atomic mass is 10.0. The third-order valence-corrected chi connectivity index (χ3v) is 4.02. The van der Waals surface area contributed by atoms with Crippen LogP contribution in [0.5, 0.6) is 0 Å². The molecule has 1 N–H and O–H groups in total. The number of ether oxygens (including phenoxy) is 4. The van der Waals surface area contributed by atoms with E-state index in [9.17, 15) is 5.11 Å². The average Bonchev–Trinajstić information content (AvgIpc) is 2.98. The van der Waals surface area contributed by atoms with Crippen molar-refractivity contribution in [1.29, 1.82) is 0 Å². The molecule has 5 heteroatoms. The summed E-state index contributed by atoms with van der Waals surface area (Å²) in [6.45, 7) is 4.06. The van der Waals surface area contributed by atoms with Gasteiger partial charge in [-0.25, -0.2) is 0 Å². The number of benzene rings is 1. The van der Waals surface area contributed by atoms with Gasteiger partial charge in [-0.1, -0.05) is 30.3 Å². The number of terminal acetylenes is 1. The minimum absolute atomic E-state index is 0.193. The fraction of sp³-hybridized carbons (Fsp3) is 0.556. The fourth-order valence-corrected chi connectivity index (χ4v) is 3.01. The first-order chi connectivity index (χ1) is 11.0. The molecule has 1 aromatic rings. The van der Waals surface area contributed by atoms with Gasteiger partial charge in [0.1, 0.15) is 18.3 Å². The minimum atomic E-state index is -0.818. The van der Waals surface area contributed by atoms with Crippen molar-refractivity contribution in [1.82, 2.24) is 0 Å². The Morgan fingerprint density at radius 1 is 1.30 bits per heavy atom. The maximum atomic E-state index is 10.2. The molecular formula is C18H22O5. The molecular weight excluding hydrogens is 296 g/mol. The summed E-state index contributed by atoms with van der Waals surface area (Å²) in [5.41, 5.74) is 1.04. The molecule has 23 heavy (non-hydrogen) atoms. The van der Waals surface area contributed by atoms with E-state index in [1.54, 1.807) is 0 Å². The summed E-state index contributed by atoms with van der Waals surface area (Å²) in [6, 6.07) is 9.82. The van der Waals surface area contributed by atoms with Gasteiger partial charge in [0, 0.05) is 6.42 Å². The second kappa shape index (κ2) is 6.60. The van der Waals surface area contributed by atoms with Crippen LogP contribution >= 0.6 is 0 Å². The van der Waals surface area contributed by atoms with Gasteiger partial charge in [0.25, 0.3) is 0 Å². The van der Waals surface area contributed by atoms with Gasteiger partial charge >= 0.3 is 0 Å². The molecule has 2 aliphatic heterocycles. The molecule has 0 bridgehead atoms. The van der Waals surface area contributed by atoms with Crippen LogP contribution in [-0.2, 0) is 25.6 Å². The Bertz CT molecular complexity index is 565. The van der Waals surface area contributed by atoms with Gasteiger partial charge < -0.3 is 24.1 Å². The van der Waals surface area contributed by atoms with Gasteiger partial charge in [-0.3, -0.25) is 0 Å². The predicted octanol–water partition coefficient (Wildman–Crippen LogP) is 1.83. The van der Waals surface area contributed by atoms with E-state index in [2.05, 4.69) is 5.92 Å². The molecule has 2 aliphatic rings. The summed E-state index contributed by atoms with van der Waals surface area (Å²) in [6.07, 6.45) is 2.73. The molecule has 1 aromatic carbocycles. The molecule has 2 heterocycles. The van der Waals surface area contributed by atoms with E-state index in [1.807, 2.05) is 44.2 Å². The SMILES string of the molecule is C#CC[C@@H](O)[C@H]1O[C@@H]2OC(C)(C)O[C@@H]2[C@@H]1OCc1ccccc1. The monoisotopic (exact) mass is 318 g/mol. The maximum Gasteiger partial charge on any atom is 0.190 e. The molecule has 3 rings (SSSR count). The lowest BCUT2D eigenvalue weighted by molar-refractivity contribution is -0.230. The van der Waals surface area contributed by atoms with Crippen LogP contribution in [0.25, 0.3) is 0 Å². The van der Waals surface area contributed by atoms with E-state index >= 15 is 0 Å². The smallest absolute Gasteiger partial charge is 0.190 e. The number of hydrogen-bond donors (Lipinski definition) is 1. The Hall–Kier alpha value is -1.42. The van der Waals surface area contributed by atoms with Gasteiger partial charge in [0.2, 0.25) is 0 Å². The van der Waals surface area contributed by atoms with E-state index in [1.165, 1.54) is 0 Å². The van der Waals surface area contributed by atoms with Crippen LogP contribution in [0.1, 0.15) is 25.8 Å². The summed E-state index contributed by atoms with van der Waals surface area (Å²) < 4.78 is 23.5. The Balaban J connectivity index is 1.72. The Kier molecular flexibility index (Phi) is 4.72. The second-order valence-corrected chi connectivity index (χ2v) is 6.31. The minimum Gasteiger partial charge on any atom is -0.389 e. The van der Waals surface area contributed by atoms with E-state index in [0.29, 0.717) is 6.61 Å². The first kappa shape index (κ1) is 16.4. The Labute approximate surface area is 136 Å². The lowest BCUT2D eigenvalue weighted by Gasteiger charge is -2.28. The maximum absolute atomic E-state index is 10.2. The third-order valence-electron chi connectivity index (χ3n) is 4.02. The molecule has 2 saturated heterocycles. The molecule has 0 aliphatic carbocycles. The molecule has 0 saturated carbocycles. The third kappa shape index (κ3) is 3.57. The first-order valence-electron chi connectivity index (χ1n) is 7.78. The second-order valence-electron chi connectivity index (χ2n) is 6.31. The van der Waals surface area contributed by atoms with Crippen molar-refractivity contribution >= 4 is 0 Å². The Morgan fingerprint density at radius 3 is 2.74 bits per heavy atom. The topological polar surface area (TPSA) is 57.2 Å². The van der Waals surface area contributed by atoms with Crippen LogP contribution in [0.3, 0.4) is 0 Å². The highest BCUT2D eigenvalue weighted by molar-refractivity contribution is 5.13. The molecule has 124 valence electrons. The van der Waals surface area contributed by atoms with Crippen molar-refractivity contribution < 1.29 is 24.1 Å². The van der Waals surface area contributed by atoms with E-state index in [0.717, 1.165) is 5.56 Å². The van der Waals surface area contributed by atoms with Crippen LogP contribution in [0.15, 0.2) is 30.3 Å². The van der Waals surface area contributed by atoms with E-state index in [-0.39, 0.29) is 12.5 Å². The van der Waals surface area contributed by atoms with Crippen LogP contribution in [0.4, 0.5) is 0 Å². The number of fused-ring (bicyclic) bond motifs is 1. The summed E-state index contributed by atoms with van der Waals surface area (Å²) in [4.78, 5) is 0. The normalized spacial score (nSPS) is 33.1. The van der Waals surface area contributed by atoms with Crippen LogP contribution < -0.4 is 0 Å². The van der Waals surface area contributed by atoms with Crippen molar-refractivity contribution in [3.8, 4) is 12.3 Å². The number of hydrogen-bond acceptors (Lipinski definition) is 5. The van der Waals surface area contributed by atoms with E-state index in [4.69, 9.17) is 25.4 Å². The summed E-state index contributed by atoms with van der Waals surface area (Å²) in [5.74, 6) is 1.72. The van der Waals surface area contributed by atoms with E-state index < -0.39 is 30.4 Å². The van der Waals surface area contributed by atoms with Gasteiger partial charge in [-0.15, -0.1) is 12.3 Å². The first-order valence-corrected chi connectivity index (χ1v) is 7.78. The molecule has 5 nitrogen and oxygen atoms in total. The quantitative estimate of drug-likeness (QED) is 0.840. The lowest BCUT2D eigenvalue weighted by Crippen LogP contribution is -2.42. The largest absolute Gasteiger partial charge is 0.389 e. The molecule has 5 atom stereocenters. The molecule has 0 amide bonds. The Morgan fingerprint density at radius 2 is 2.04 bits per heavy atom. The highest BCUT2D eigenvalue weighted by atomic mass is 16.8. The molecule has 2 fully saturated rings. The highest BCUT2D eigenvalue weighted by Crippen LogP contribution is 2.40. The van der Waals surface area contributed by atoms with Crippen molar-refractivity contribution in [2.24, 2.45) is 0 Å². The van der Waals surface area contributed by atoms with Crippen molar-refractivity contribution in [3.05, 3.63) is 35.9 Å². The predicted molar refractivity (Wildman–Crippen MR) is 83.2 cm³/mol. The molecule has 0 spiro atoms.